The van der Waals surface area contributed by atoms with Crippen LogP contribution in [0.2, 0.25) is 0 Å². The van der Waals surface area contributed by atoms with Crippen LogP contribution >= 0.6 is 0 Å². The highest BCUT2D eigenvalue weighted by molar-refractivity contribution is 5.70. The number of carbonyl (C=O) groups is 2. The van der Waals surface area contributed by atoms with Gasteiger partial charge in [-0.25, -0.2) is 0 Å². The van der Waals surface area contributed by atoms with Crippen LogP contribution in [0.5, 0.6) is 0 Å². The Bertz CT molecular complexity index is 1600. The molecule has 1 atom stereocenters. The van der Waals surface area contributed by atoms with E-state index in [1.165, 1.54) is 161 Å². The van der Waals surface area contributed by atoms with Gasteiger partial charge in [0.15, 0.2) is 6.10 Å². The average molecular weight is 1080 g/mol. The van der Waals surface area contributed by atoms with Crippen molar-refractivity contribution < 1.29 is 24.2 Å². The van der Waals surface area contributed by atoms with E-state index < -0.39 is 6.10 Å². The normalized spacial score (nSPS) is 13.1. The van der Waals surface area contributed by atoms with Gasteiger partial charge >= 0.3 is 11.9 Å². The van der Waals surface area contributed by atoms with Gasteiger partial charge in [0, 0.05) is 12.8 Å². The molecule has 78 heavy (non-hydrogen) atoms. The van der Waals surface area contributed by atoms with Gasteiger partial charge in [-0.2, -0.15) is 0 Å². The number of aliphatic hydroxyl groups is 1. The number of aliphatic hydroxyl groups excluding tert-OH is 1. The molecule has 0 aliphatic rings. The summed E-state index contributed by atoms with van der Waals surface area (Å²) < 4.78 is 10.7. The van der Waals surface area contributed by atoms with Crippen molar-refractivity contribution >= 4 is 11.9 Å². The molecule has 444 valence electrons. The number of hydrogen-bond acceptors (Lipinski definition) is 5. The lowest BCUT2D eigenvalue weighted by molar-refractivity contribution is -0.161. The van der Waals surface area contributed by atoms with Crippen LogP contribution in [0.1, 0.15) is 296 Å². The van der Waals surface area contributed by atoms with Crippen molar-refractivity contribution in [3.8, 4) is 0 Å². The van der Waals surface area contributed by atoms with Crippen LogP contribution in [0, 0.1) is 0 Å². The van der Waals surface area contributed by atoms with Crippen LogP contribution in [-0.4, -0.2) is 36.4 Å². The number of esters is 2. The minimum absolute atomic E-state index is 0.0772. The smallest absolute Gasteiger partial charge is 0.306 e. The highest BCUT2D eigenvalue weighted by Gasteiger charge is 2.16. The number of unbranched alkanes of at least 4 members (excludes halogenated alkanes) is 29. The molecule has 5 heteroatoms. The fourth-order valence-electron chi connectivity index (χ4n) is 9.05. The van der Waals surface area contributed by atoms with Crippen LogP contribution in [-0.2, 0) is 19.1 Å². The summed E-state index contributed by atoms with van der Waals surface area (Å²) in [7, 11) is 0. The third-order valence-corrected chi connectivity index (χ3v) is 13.9. The van der Waals surface area contributed by atoms with E-state index in [1.807, 2.05) is 0 Å². The Morgan fingerprint density at radius 3 is 0.846 bits per heavy atom. The fourth-order valence-corrected chi connectivity index (χ4v) is 9.05. The molecule has 0 radical (unpaired) electrons. The quantitative estimate of drug-likeness (QED) is 0.0373. The molecule has 0 spiro atoms. The summed E-state index contributed by atoms with van der Waals surface area (Å²) >= 11 is 0. The van der Waals surface area contributed by atoms with E-state index in [9.17, 15) is 14.7 Å². The zero-order chi connectivity index (χ0) is 56.2. The molecule has 0 aromatic rings. The minimum atomic E-state index is -0.790. The minimum Gasteiger partial charge on any atom is -0.462 e. The molecule has 0 fully saturated rings. The number of carbonyl (C=O) groups excluding carboxylic acids is 2. The van der Waals surface area contributed by atoms with Gasteiger partial charge in [0.25, 0.3) is 0 Å². The SMILES string of the molecule is CC/C=C\C/C=C\C/C=C\C/C=C\C/C=C\C/C=C\C/C=C\C/C=C\C/C=C\C/C=C\CCCCCCCCC(=O)OC(CO)COC(=O)CCCCCCCCCCCCCCCCC/C=C\CCCCCCCCCC. The number of allylic oxidation sites excluding steroid dienone is 22. The molecule has 0 aliphatic heterocycles. The maximum absolute atomic E-state index is 12.3. The molecule has 0 bridgehead atoms. The molecule has 1 unspecified atom stereocenters. The van der Waals surface area contributed by atoms with E-state index in [-0.39, 0.29) is 25.2 Å². The third-order valence-electron chi connectivity index (χ3n) is 13.9. The van der Waals surface area contributed by atoms with E-state index in [1.54, 1.807) is 0 Å². The van der Waals surface area contributed by atoms with Crippen molar-refractivity contribution in [2.45, 2.75) is 302 Å². The lowest BCUT2D eigenvalue weighted by Crippen LogP contribution is -2.28. The topological polar surface area (TPSA) is 72.8 Å². The average Bonchev–Trinajstić information content (AvgIpc) is 3.44. The van der Waals surface area contributed by atoms with E-state index >= 15 is 0 Å². The predicted molar refractivity (Wildman–Crippen MR) is 343 cm³/mol. The monoisotopic (exact) mass is 1080 g/mol. The van der Waals surface area contributed by atoms with E-state index in [0.717, 1.165) is 109 Å². The number of hydrogen-bond donors (Lipinski definition) is 1. The Balaban J connectivity index is 3.57. The molecule has 1 N–H and O–H groups in total. The second-order valence-corrected chi connectivity index (χ2v) is 21.5. The van der Waals surface area contributed by atoms with Crippen molar-refractivity contribution in [2.75, 3.05) is 13.2 Å². The Labute approximate surface area is 483 Å². The van der Waals surface area contributed by atoms with Crippen LogP contribution < -0.4 is 0 Å². The molecule has 0 heterocycles. The summed E-state index contributed by atoms with van der Waals surface area (Å²) in [6.45, 7) is 4.03. The lowest BCUT2D eigenvalue weighted by atomic mass is 10.0. The molecule has 0 amide bonds. The molecule has 0 aromatic heterocycles. The summed E-state index contributed by atoms with van der Waals surface area (Å²) in [5, 5.41) is 9.69. The number of rotatable bonds is 59. The molecule has 0 aliphatic carbocycles. The van der Waals surface area contributed by atoms with Crippen LogP contribution in [0.4, 0.5) is 0 Å². The fraction of sp³-hybridized carbons (Fsp3) is 0.671. The van der Waals surface area contributed by atoms with Crippen LogP contribution in [0.15, 0.2) is 134 Å². The van der Waals surface area contributed by atoms with Crippen molar-refractivity contribution in [1.29, 1.82) is 0 Å². The van der Waals surface area contributed by atoms with Crippen molar-refractivity contribution in [2.24, 2.45) is 0 Å². The summed E-state index contributed by atoms with van der Waals surface area (Å²) in [6, 6.07) is 0. The largest absolute Gasteiger partial charge is 0.462 e. The molecule has 0 rings (SSSR count). The van der Waals surface area contributed by atoms with Gasteiger partial charge in [0.2, 0.25) is 0 Å². The zero-order valence-corrected chi connectivity index (χ0v) is 50.9. The second kappa shape index (κ2) is 67.3. The Hall–Kier alpha value is -3.96. The third kappa shape index (κ3) is 64.6. The van der Waals surface area contributed by atoms with E-state index in [0.29, 0.717) is 12.8 Å². The second-order valence-electron chi connectivity index (χ2n) is 21.5. The first-order valence-corrected chi connectivity index (χ1v) is 32.7. The molecule has 0 saturated carbocycles. The first kappa shape index (κ1) is 74.0. The molecule has 0 aromatic carbocycles. The Morgan fingerprint density at radius 1 is 0.308 bits per heavy atom. The van der Waals surface area contributed by atoms with Gasteiger partial charge in [0.05, 0.1) is 6.61 Å². The maximum Gasteiger partial charge on any atom is 0.306 e. The highest BCUT2D eigenvalue weighted by Crippen LogP contribution is 2.16. The van der Waals surface area contributed by atoms with Gasteiger partial charge in [-0.1, -0.05) is 302 Å². The Morgan fingerprint density at radius 2 is 0.551 bits per heavy atom. The highest BCUT2D eigenvalue weighted by atomic mass is 16.6. The summed E-state index contributed by atoms with van der Waals surface area (Å²) in [5.41, 5.74) is 0. The van der Waals surface area contributed by atoms with Crippen LogP contribution in [0.3, 0.4) is 0 Å². The van der Waals surface area contributed by atoms with Gasteiger partial charge in [-0.05, 0) is 116 Å². The number of ether oxygens (including phenoxy) is 2. The summed E-state index contributed by atoms with van der Waals surface area (Å²) in [5.74, 6) is -0.606. The van der Waals surface area contributed by atoms with Crippen LogP contribution in [0.25, 0.3) is 0 Å². The van der Waals surface area contributed by atoms with E-state index in [2.05, 4.69) is 148 Å². The van der Waals surface area contributed by atoms with Gasteiger partial charge in [-0.15, -0.1) is 0 Å². The first-order valence-electron chi connectivity index (χ1n) is 32.7. The first-order chi connectivity index (χ1) is 38.6. The van der Waals surface area contributed by atoms with Gasteiger partial charge in [-0.3, -0.25) is 9.59 Å². The summed E-state index contributed by atoms with van der Waals surface area (Å²) in [6.07, 6.45) is 100. The van der Waals surface area contributed by atoms with Gasteiger partial charge < -0.3 is 14.6 Å². The zero-order valence-electron chi connectivity index (χ0n) is 50.9. The maximum atomic E-state index is 12.3. The van der Waals surface area contributed by atoms with Crippen molar-refractivity contribution in [3.05, 3.63) is 134 Å². The molecule has 0 saturated heterocycles. The molecular formula is C73H122O5. The van der Waals surface area contributed by atoms with Gasteiger partial charge in [0.1, 0.15) is 6.61 Å². The Kier molecular flexibility index (Phi) is 63.9. The lowest BCUT2D eigenvalue weighted by Gasteiger charge is -2.15. The molecular weight excluding hydrogens is 957 g/mol. The standard InChI is InChI=1S/C73H122O5/c1-3-5-7-9-11-13-15-17-19-21-23-25-27-29-31-32-33-34-35-36-37-38-39-40-42-44-46-48-50-52-54-56-58-60-62-64-66-68-73(76)78-71(69-74)70-77-72(75)67-65-63-61-59-57-55-53-51-49-47-45-43-41-30-28-26-24-22-20-18-16-14-12-10-8-6-4-2/h5,7,11,13,17,19,22-25,29,31,33-34,36-37,39-40,44,46,50,52,71,74H,3-4,6,8-10,12,14-16,18,20-21,26-28,30,32,35,38,41-43,45,47-49,51,53-70H2,1-2H3/b7-5-,13-11-,19-17-,24-22-,25-23-,31-29-,34-33-,37-36-,40-39-,46-44-,52-50-. The summed E-state index contributed by atoms with van der Waals surface area (Å²) in [4.78, 5) is 24.6. The molecule has 5 nitrogen and oxygen atoms in total. The predicted octanol–water partition coefficient (Wildman–Crippen LogP) is 22.8. The van der Waals surface area contributed by atoms with Crippen molar-refractivity contribution in [1.82, 2.24) is 0 Å². The van der Waals surface area contributed by atoms with E-state index in [4.69, 9.17) is 9.47 Å². The van der Waals surface area contributed by atoms with Crippen molar-refractivity contribution in [3.63, 3.8) is 0 Å².